The lowest BCUT2D eigenvalue weighted by Crippen LogP contribution is -2.17. The number of amides is 1. The third kappa shape index (κ3) is 4.95. The number of hydrogen-bond acceptors (Lipinski definition) is 5. The van der Waals surface area contributed by atoms with Gasteiger partial charge in [0.25, 0.3) is 0 Å². The molecule has 0 aliphatic rings. The van der Waals surface area contributed by atoms with Crippen LogP contribution in [0.4, 0.5) is 24.8 Å². The molecule has 0 radical (unpaired) electrons. The molecule has 0 unspecified atom stereocenters. The number of carbonyl (C=O) groups is 1. The fraction of sp³-hybridized carbons (Fsp3) is 0.200. The highest BCUT2D eigenvalue weighted by Crippen LogP contribution is 2.38. The lowest BCUT2D eigenvalue weighted by atomic mass is 10.2. The molecular formula is C20H16ClF3N6O. The molecule has 1 aromatic carbocycles. The number of alkyl halides is 3. The van der Waals surface area contributed by atoms with E-state index in [4.69, 9.17) is 11.6 Å². The minimum atomic E-state index is -4.71. The van der Waals surface area contributed by atoms with Crippen molar-refractivity contribution >= 4 is 29.1 Å². The molecule has 0 saturated heterocycles. The van der Waals surface area contributed by atoms with Crippen LogP contribution in [0.3, 0.4) is 0 Å². The van der Waals surface area contributed by atoms with E-state index >= 15 is 0 Å². The summed E-state index contributed by atoms with van der Waals surface area (Å²) in [5.74, 6) is -1.07. The first-order valence-electron chi connectivity index (χ1n) is 9.08. The Morgan fingerprint density at radius 1 is 1.29 bits per heavy atom. The zero-order chi connectivity index (χ0) is 22.6. The second-order valence-corrected chi connectivity index (χ2v) is 6.77. The average Bonchev–Trinajstić information content (AvgIpc) is 3.14. The summed E-state index contributed by atoms with van der Waals surface area (Å²) >= 11 is 6.11. The number of aromatic nitrogens is 3. The molecule has 0 spiro atoms. The van der Waals surface area contributed by atoms with Crippen molar-refractivity contribution < 1.29 is 18.0 Å². The van der Waals surface area contributed by atoms with Crippen LogP contribution in [0, 0.1) is 11.3 Å². The Balaban J connectivity index is 2.09. The van der Waals surface area contributed by atoms with E-state index < -0.39 is 23.5 Å². The predicted molar refractivity (Wildman–Crippen MR) is 109 cm³/mol. The predicted octanol–water partition coefficient (Wildman–Crippen LogP) is 4.77. The minimum absolute atomic E-state index is 0.0124. The summed E-state index contributed by atoms with van der Waals surface area (Å²) in [7, 11) is 0. The maximum Gasteiger partial charge on any atom is 0.420 e. The number of nitriles is 1. The van der Waals surface area contributed by atoms with Crippen molar-refractivity contribution in [3.05, 3.63) is 64.3 Å². The first-order chi connectivity index (χ1) is 14.7. The average molecular weight is 449 g/mol. The number of nitrogens with one attached hydrogen (secondary N) is 2. The van der Waals surface area contributed by atoms with Crippen LogP contribution in [-0.4, -0.2) is 20.7 Å². The third-order valence-corrected chi connectivity index (χ3v) is 4.51. The third-order valence-electron chi connectivity index (χ3n) is 4.23. The van der Waals surface area contributed by atoms with Crippen LogP contribution in [-0.2, 0) is 17.5 Å². The Hall–Kier alpha value is -3.58. The highest BCUT2D eigenvalue weighted by molar-refractivity contribution is 6.32. The van der Waals surface area contributed by atoms with Gasteiger partial charge >= 0.3 is 6.18 Å². The van der Waals surface area contributed by atoms with E-state index in [1.165, 1.54) is 0 Å². The van der Waals surface area contributed by atoms with Crippen molar-refractivity contribution in [2.45, 2.75) is 26.1 Å². The second kappa shape index (κ2) is 9.06. The molecule has 2 N–H and O–H groups in total. The van der Waals surface area contributed by atoms with Crippen molar-refractivity contribution in [1.82, 2.24) is 14.8 Å². The molecule has 31 heavy (non-hydrogen) atoms. The van der Waals surface area contributed by atoms with Gasteiger partial charge in [-0.2, -0.15) is 28.2 Å². The Morgan fingerprint density at radius 2 is 2.00 bits per heavy atom. The zero-order valence-electron chi connectivity index (χ0n) is 16.2. The highest BCUT2D eigenvalue weighted by atomic mass is 35.5. The van der Waals surface area contributed by atoms with E-state index in [0.717, 1.165) is 22.5 Å². The van der Waals surface area contributed by atoms with Crippen molar-refractivity contribution in [1.29, 1.82) is 5.26 Å². The number of nitrogens with zero attached hydrogens (tertiary/aromatic N) is 4. The molecule has 2 heterocycles. The van der Waals surface area contributed by atoms with Crippen molar-refractivity contribution in [2.75, 3.05) is 10.6 Å². The molecule has 3 aromatic rings. The van der Waals surface area contributed by atoms with Gasteiger partial charge in [-0.1, -0.05) is 48.9 Å². The van der Waals surface area contributed by atoms with Gasteiger partial charge < -0.3 is 10.6 Å². The molecule has 11 heteroatoms. The van der Waals surface area contributed by atoms with Crippen LogP contribution < -0.4 is 10.6 Å². The summed E-state index contributed by atoms with van der Waals surface area (Å²) < 4.78 is 41.8. The first-order valence-corrected chi connectivity index (χ1v) is 9.46. The van der Waals surface area contributed by atoms with Crippen LogP contribution >= 0.6 is 11.6 Å². The molecule has 0 bridgehead atoms. The normalized spacial score (nSPS) is 11.1. The van der Waals surface area contributed by atoms with Crippen molar-refractivity contribution in [2.24, 2.45) is 0 Å². The number of hydrogen-bond donors (Lipinski definition) is 2. The number of rotatable bonds is 6. The van der Waals surface area contributed by atoms with Crippen LogP contribution in [0.5, 0.6) is 0 Å². The SMILES string of the molecule is CCC(=O)Nc1c(C#N)cnn1-c1nc(NCc2ccccc2)c(C(F)(F)F)cc1Cl. The molecule has 160 valence electrons. The Labute approximate surface area is 180 Å². The molecule has 0 atom stereocenters. The molecule has 0 aliphatic heterocycles. The van der Waals surface area contributed by atoms with Gasteiger partial charge in [-0.3, -0.25) is 4.79 Å². The largest absolute Gasteiger partial charge is 0.420 e. The number of carbonyl (C=O) groups excluding carboxylic acids is 1. The first kappa shape index (κ1) is 22.1. The van der Waals surface area contributed by atoms with E-state index in [1.54, 1.807) is 37.3 Å². The molecule has 0 fully saturated rings. The molecule has 2 aromatic heterocycles. The van der Waals surface area contributed by atoms with Crippen LogP contribution in [0.25, 0.3) is 5.82 Å². The van der Waals surface area contributed by atoms with Gasteiger partial charge in [-0.25, -0.2) is 4.98 Å². The molecular weight excluding hydrogens is 433 g/mol. The van der Waals surface area contributed by atoms with Gasteiger partial charge in [0.05, 0.1) is 16.8 Å². The van der Waals surface area contributed by atoms with Gasteiger partial charge in [0, 0.05) is 13.0 Å². The van der Waals surface area contributed by atoms with E-state index in [-0.39, 0.29) is 35.2 Å². The van der Waals surface area contributed by atoms with Gasteiger partial charge in [0.1, 0.15) is 17.5 Å². The Bertz CT molecular complexity index is 1140. The maximum atomic E-state index is 13.6. The van der Waals surface area contributed by atoms with Crippen molar-refractivity contribution in [3.63, 3.8) is 0 Å². The highest BCUT2D eigenvalue weighted by Gasteiger charge is 2.36. The molecule has 0 saturated carbocycles. The van der Waals surface area contributed by atoms with E-state index in [9.17, 15) is 23.2 Å². The van der Waals surface area contributed by atoms with Gasteiger partial charge in [0.15, 0.2) is 11.6 Å². The fourth-order valence-corrected chi connectivity index (χ4v) is 2.92. The Morgan fingerprint density at radius 3 is 2.61 bits per heavy atom. The smallest absolute Gasteiger partial charge is 0.365 e. The number of pyridine rings is 1. The van der Waals surface area contributed by atoms with Gasteiger partial charge in [0.2, 0.25) is 5.91 Å². The van der Waals surface area contributed by atoms with E-state index in [1.807, 2.05) is 6.07 Å². The second-order valence-electron chi connectivity index (χ2n) is 6.36. The van der Waals surface area contributed by atoms with Crippen LogP contribution in [0.15, 0.2) is 42.6 Å². The standard InChI is InChI=1S/C20H16ClF3N6O/c1-2-16(31)28-18-13(9-25)11-27-30(18)19-15(21)8-14(20(22,23)24)17(29-19)26-10-12-6-4-3-5-7-12/h3-8,11H,2,10H2,1H3,(H,26,29)(H,28,31). The summed E-state index contributed by atoms with van der Waals surface area (Å²) in [5, 5.41) is 18.1. The monoisotopic (exact) mass is 448 g/mol. The lowest BCUT2D eigenvalue weighted by Gasteiger charge is -2.17. The maximum absolute atomic E-state index is 13.6. The number of anilines is 2. The molecule has 3 rings (SSSR count). The van der Waals surface area contributed by atoms with Crippen molar-refractivity contribution in [3.8, 4) is 11.9 Å². The topological polar surface area (TPSA) is 95.6 Å². The zero-order valence-corrected chi connectivity index (χ0v) is 16.9. The minimum Gasteiger partial charge on any atom is -0.365 e. The summed E-state index contributed by atoms with van der Waals surface area (Å²) in [6, 6.07) is 11.4. The van der Waals surface area contributed by atoms with E-state index in [0.29, 0.717) is 0 Å². The van der Waals surface area contributed by atoms with Crippen LogP contribution in [0.2, 0.25) is 5.02 Å². The Kier molecular flexibility index (Phi) is 6.46. The van der Waals surface area contributed by atoms with Crippen LogP contribution in [0.1, 0.15) is 30.0 Å². The van der Waals surface area contributed by atoms with Gasteiger partial charge in [-0.15, -0.1) is 0 Å². The number of halogens is 4. The van der Waals surface area contributed by atoms with E-state index in [2.05, 4.69) is 20.7 Å². The quantitative estimate of drug-likeness (QED) is 0.566. The summed E-state index contributed by atoms with van der Waals surface area (Å²) in [6.07, 6.45) is -3.43. The lowest BCUT2D eigenvalue weighted by molar-refractivity contribution is -0.137. The summed E-state index contributed by atoms with van der Waals surface area (Å²) in [6.45, 7) is 1.69. The molecule has 7 nitrogen and oxygen atoms in total. The summed E-state index contributed by atoms with van der Waals surface area (Å²) in [5.41, 5.74) is -0.293. The molecule has 0 aliphatic carbocycles. The molecule has 1 amide bonds. The number of benzene rings is 1. The fourth-order valence-electron chi connectivity index (χ4n) is 2.69. The van der Waals surface area contributed by atoms with Gasteiger partial charge in [-0.05, 0) is 11.6 Å². The summed E-state index contributed by atoms with van der Waals surface area (Å²) in [4.78, 5) is 15.9.